The van der Waals surface area contributed by atoms with E-state index in [1.807, 2.05) is 0 Å². The molecule has 1 amide bonds. The molecular weight excluding hydrogens is 380 g/mol. The quantitative estimate of drug-likeness (QED) is 0.534. The largest absolute Gasteiger partial charge is 0.361 e. The van der Waals surface area contributed by atoms with E-state index in [2.05, 4.69) is 77.0 Å². The van der Waals surface area contributed by atoms with Crippen molar-refractivity contribution in [1.82, 2.24) is 9.88 Å². The highest BCUT2D eigenvalue weighted by Gasteiger charge is 2.29. The second-order valence-corrected chi connectivity index (χ2v) is 9.03. The molecule has 4 N–H and O–H groups in total. The highest BCUT2D eigenvalue weighted by atomic mass is 32.1. The Kier molecular flexibility index (Phi) is 6.33. The molecule has 3 heterocycles. The monoisotopic (exact) mass is 412 g/mol. The number of fused-ring (bicyclic) bond motifs is 1. The minimum Gasteiger partial charge on any atom is -0.361 e. The molecule has 5 nitrogen and oxygen atoms in total. The fraction of sp³-hybridized carbons (Fsp3) is 0.435. The summed E-state index contributed by atoms with van der Waals surface area (Å²) < 4.78 is 0. The van der Waals surface area contributed by atoms with E-state index in [0.717, 1.165) is 39.3 Å². The number of piperazine rings is 1. The number of H-pyrrole nitrogens is 1. The zero-order chi connectivity index (χ0) is 20.2. The molecule has 0 bridgehead atoms. The van der Waals surface area contributed by atoms with E-state index < -0.39 is 0 Å². The third-order valence-corrected chi connectivity index (χ3v) is 7.27. The van der Waals surface area contributed by atoms with Gasteiger partial charge in [-0.25, -0.2) is 0 Å². The van der Waals surface area contributed by atoms with Crippen LogP contribution in [0.3, 0.4) is 0 Å². The van der Waals surface area contributed by atoms with Gasteiger partial charge in [0.15, 0.2) is 6.04 Å². The van der Waals surface area contributed by atoms with E-state index in [0.29, 0.717) is 0 Å². The van der Waals surface area contributed by atoms with Gasteiger partial charge in [0.25, 0.3) is 5.91 Å². The number of para-hydroxylation sites is 1. The van der Waals surface area contributed by atoms with E-state index in [9.17, 15) is 4.79 Å². The Balaban J connectivity index is 1.46. The van der Waals surface area contributed by atoms with Crippen LogP contribution >= 0.6 is 11.3 Å². The number of rotatable bonds is 7. The summed E-state index contributed by atoms with van der Waals surface area (Å²) in [5.74, 6) is 0.562. The van der Waals surface area contributed by atoms with Crippen molar-refractivity contribution < 1.29 is 15.0 Å². The fourth-order valence-electron chi connectivity index (χ4n) is 4.39. The molecule has 1 aliphatic rings. The molecular formula is C23H32N4OS+2. The summed E-state index contributed by atoms with van der Waals surface area (Å²) in [6.07, 6.45) is 2.14. The van der Waals surface area contributed by atoms with Gasteiger partial charge < -0.3 is 20.1 Å². The molecule has 2 aromatic heterocycles. The summed E-state index contributed by atoms with van der Waals surface area (Å²) in [5, 5.41) is 5.64. The summed E-state index contributed by atoms with van der Waals surface area (Å²) in [6, 6.07) is 12.8. The molecule has 154 valence electrons. The van der Waals surface area contributed by atoms with Crippen LogP contribution in [0.15, 0.2) is 48.0 Å². The van der Waals surface area contributed by atoms with Crippen LogP contribution in [0, 0.1) is 0 Å². The second-order valence-electron chi connectivity index (χ2n) is 8.05. The Bertz CT molecular complexity index is 927. The van der Waals surface area contributed by atoms with Gasteiger partial charge in [0, 0.05) is 22.0 Å². The molecule has 0 spiro atoms. The summed E-state index contributed by atoms with van der Waals surface area (Å²) in [5.41, 5.74) is 2.49. The SMILES string of the molecule is CC[NH+]1CCN(C(=O)[C@H](C)[NH2+]C[C@H](c2cccs2)c2c[nH]c3ccccc23)CC1. The summed E-state index contributed by atoms with van der Waals surface area (Å²) in [4.78, 5) is 21.4. The number of benzene rings is 1. The Labute approximate surface area is 176 Å². The number of likely N-dealkylation sites (N-methyl/N-ethyl adjacent to an activating group) is 1. The number of amides is 1. The van der Waals surface area contributed by atoms with Gasteiger partial charge in [-0.15, -0.1) is 11.3 Å². The maximum atomic E-state index is 13.0. The number of carbonyl (C=O) groups excluding carboxylic acids is 1. The molecule has 2 atom stereocenters. The fourth-order valence-corrected chi connectivity index (χ4v) is 5.25. The van der Waals surface area contributed by atoms with Gasteiger partial charge in [0.2, 0.25) is 0 Å². The number of carbonyl (C=O) groups is 1. The third kappa shape index (κ3) is 4.39. The molecule has 4 rings (SSSR count). The second kappa shape index (κ2) is 9.11. The number of aromatic nitrogens is 1. The number of quaternary nitrogens is 2. The smallest absolute Gasteiger partial charge is 0.280 e. The van der Waals surface area contributed by atoms with Crippen molar-refractivity contribution in [2.24, 2.45) is 0 Å². The predicted molar refractivity (Wildman–Crippen MR) is 119 cm³/mol. The van der Waals surface area contributed by atoms with Gasteiger partial charge in [0.1, 0.15) is 0 Å². The number of nitrogens with one attached hydrogen (secondary N) is 2. The van der Waals surface area contributed by atoms with E-state index in [1.165, 1.54) is 21.3 Å². The lowest BCUT2D eigenvalue weighted by molar-refractivity contribution is -0.902. The molecule has 3 aromatic rings. The van der Waals surface area contributed by atoms with Gasteiger partial charge in [0.05, 0.1) is 45.2 Å². The maximum Gasteiger partial charge on any atom is 0.280 e. The van der Waals surface area contributed by atoms with Crippen LogP contribution in [0.2, 0.25) is 0 Å². The number of nitrogens with zero attached hydrogens (tertiary/aromatic N) is 1. The first-order valence-electron chi connectivity index (χ1n) is 10.7. The van der Waals surface area contributed by atoms with Crippen molar-refractivity contribution in [3.05, 3.63) is 58.4 Å². The number of hydrogen-bond donors (Lipinski definition) is 3. The van der Waals surface area contributed by atoms with Crippen LogP contribution in [0.25, 0.3) is 10.9 Å². The predicted octanol–water partition coefficient (Wildman–Crippen LogP) is 1.06. The van der Waals surface area contributed by atoms with Gasteiger partial charge in [-0.1, -0.05) is 24.3 Å². The summed E-state index contributed by atoms with van der Waals surface area (Å²) in [7, 11) is 0. The maximum absolute atomic E-state index is 13.0. The Hall–Kier alpha value is -2.15. The van der Waals surface area contributed by atoms with Gasteiger partial charge in [-0.2, -0.15) is 0 Å². The number of hydrogen-bond acceptors (Lipinski definition) is 2. The average molecular weight is 413 g/mol. The first kappa shape index (κ1) is 20.1. The van der Waals surface area contributed by atoms with Crippen LogP contribution in [0.1, 0.15) is 30.2 Å². The van der Waals surface area contributed by atoms with Crippen LogP contribution < -0.4 is 10.2 Å². The molecule has 0 unspecified atom stereocenters. The van der Waals surface area contributed by atoms with Crippen LogP contribution in [-0.2, 0) is 4.79 Å². The molecule has 0 aliphatic carbocycles. The van der Waals surface area contributed by atoms with Crippen molar-refractivity contribution >= 4 is 28.1 Å². The Morgan fingerprint density at radius 1 is 1.24 bits per heavy atom. The van der Waals surface area contributed by atoms with Crippen molar-refractivity contribution in [1.29, 1.82) is 0 Å². The molecule has 0 saturated carbocycles. The standard InChI is InChI=1S/C23H30N4OS/c1-3-26-10-12-27(13-11-26)23(28)17(2)24-16-20(22-9-6-14-29-22)19-15-25-21-8-5-4-7-18(19)21/h4-9,14-15,17,20,24-25H,3,10-13,16H2,1-2H3/p+2/t17-,20-/m0/s1. The van der Waals surface area contributed by atoms with Gasteiger partial charge >= 0.3 is 0 Å². The van der Waals surface area contributed by atoms with Crippen molar-refractivity contribution in [2.45, 2.75) is 25.8 Å². The topological polar surface area (TPSA) is 57.1 Å². The Morgan fingerprint density at radius 3 is 2.76 bits per heavy atom. The van der Waals surface area contributed by atoms with E-state index >= 15 is 0 Å². The first-order valence-corrected chi connectivity index (χ1v) is 11.6. The third-order valence-electron chi connectivity index (χ3n) is 6.28. The van der Waals surface area contributed by atoms with Crippen molar-refractivity contribution in [2.75, 3.05) is 39.3 Å². The molecule has 29 heavy (non-hydrogen) atoms. The summed E-state index contributed by atoms with van der Waals surface area (Å²) >= 11 is 1.80. The number of thiophene rings is 1. The number of aromatic amines is 1. The normalized spacial score (nSPS) is 17.5. The lowest BCUT2D eigenvalue weighted by Gasteiger charge is -2.32. The Morgan fingerprint density at radius 2 is 2.03 bits per heavy atom. The lowest BCUT2D eigenvalue weighted by atomic mass is 9.96. The molecule has 1 saturated heterocycles. The lowest BCUT2D eigenvalue weighted by Crippen LogP contribution is -3.14. The van der Waals surface area contributed by atoms with Crippen LogP contribution in [0.5, 0.6) is 0 Å². The molecule has 1 fully saturated rings. The zero-order valence-corrected chi connectivity index (χ0v) is 18.2. The number of nitrogens with two attached hydrogens (primary N) is 1. The van der Waals surface area contributed by atoms with Crippen LogP contribution in [-0.4, -0.2) is 61.1 Å². The minimum atomic E-state index is -0.0501. The highest BCUT2D eigenvalue weighted by Crippen LogP contribution is 2.32. The first-order chi connectivity index (χ1) is 14.2. The summed E-state index contributed by atoms with van der Waals surface area (Å²) in [6.45, 7) is 10.2. The van der Waals surface area contributed by atoms with Crippen molar-refractivity contribution in [3.8, 4) is 0 Å². The van der Waals surface area contributed by atoms with E-state index in [-0.39, 0.29) is 17.9 Å². The molecule has 1 aliphatic heterocycles. The van der Waals surface area contributed by atoms with E-state index in [1.54, 1.807) is 16.2 Å². The van der Waals surface area contributed by atoms with Gasteiger partial charge in [-0.3, -0.25) is 4.79 Å². The molecule has 6 heteroatoms. The van der Waals surface area contributed by atoms with Gasteiger partial charge in [-0.05, 0) is 36.9 Å². The molecule has 0 radical (unpaired) electrons. The van der Waals surface area contributed by atoms with E-state index in [4.69, 9.17) is 0 Å². The van der Waals surface area contributed by atoms with Crippen molar-refractivity contribution in [3.63, 3.8) is 0 Å². The molecule has 1 aromatic carbocycles. The highest BCUT2D eigenvalue weighted by molar-refractivity contribution is 7.10. The zero-order valence-electron chi connectivity index (χ0n) is 17.4. The minimum absolute atomic E-state index is 0.0501. The average Bonchev–Trinajstić information content (AvgIpc) is 3.44. The van der Waals surface area contributed by atoms with Crippen LogP contribution in [0.4, 0.5) is 0 Å².